The predicted molar refractivity (Wildman–Crippen MR) is 113 cm³/mol. The summed E-state index contributed by atoms with van der Waals surface area (Å²) in [4.78, 5) is 16.3. The zero-order valence-corrected chi connectivity index (χ0v) is 16.8. The third-order valence-electron chi connectivity index (χ3n) is 5.19. The molecule has 0 amide bonds. The Balaban J connectivity index is 1.52. The highest BCUT2D eigenvalue weighted by molar-refractivity contribution is 6.01. The number of ether oxygens (including phenoxy) is 1. The summed E-state index contributed by atoms with van der Waals surface area (Å²) >= 11 is 0. The molecule has 0 spiro atoms. The van der Waals surface area contributed by atoms with E-state index in [2.05, 4.69) is 17.3 Å². The number of nitrogens with zero attached hydrogens (tertiary/aromatic N) is 1. The van der Waals surface area contributed by atoms with E-state index in [0.29, 0.717) is 18.3 Å². The number of rotatable bonds is 10. The van der Waals surface area contributed by atoms with E-state index in [1.807, 2.05) is 36.4 Å². The summed E-state index contributed by atoms with van der Waals surface area (Å²) < 4.78 is 5.23. The van der Waals surface area contributed by atoms with Crippen molar-refractivity contribution in [3.8, 4) is 5.75 Å². The van der Waals surface area contributed by atoms with Crippen LogP contribution in [0.2, 0.25) is 0 Å². The molecule has 0 heterocycles. The monoisotopic (exact) mass is 395 g/mol. The molecule has 154 valence electrons. The molecule has 0 bridgehead atoms. The highest BCUT2D eigenvalue weighted by atomic mass is 16.6. The van der Waals surface area contributed by atoms with Gasteiger partial charge in [0.15, 0.2) is 6.61 Å². The molecule has 5 heteroatoms. The second-order valence-electron chi connectivity index (χ2n) is 7.44. The molecule has 0 aromatic heterocycles. The fourth-order valence-corrected chi connectivity index (χ4v) is 3.74. The van der Waals surface area contributed by atoms with Crippen LogP contribution in [0.4, 0.5) is 0 Å². The van der Waals surface area contributed by atoms with Gasteiger partial charge in [-0.2, -0.15) is 0 Å². The highest BCUT2D eigenvalue weighted by Gasteiger charge is 2.21. The van der Waals surface area contributed by atoms with Crippen LogP contribution in [0.5, 0.6) is 5.75 Å². The van der Waals surface area contributed by atoms with Crippen LogP contribution < -0.4 is 4.74 Å². The van der Waals surface area contributed by atoms with E-state index in [4.69, 9.17) is 14.7 Å². The molecule has 0 atom stereocenters. The van der Waals surface area contributed by atoms with Gasteiger partial charge in [-0.25, -0.2) is 4.79 Å². The molecule has 0 unspecified atom stereocenters. The molecule has 0 aliphatic heterocycles. The van der Waals surface area contributed by atoms with Gasteiger partial charge in [0.25, 0.3) is 0 Å². The maximum Gasteiger partial charge on any atom is 0.341 e. The summed E-state index contributed by atoms with van der Waals surface area (Å²) in [6.07, 6.45) is 7.85. The topological polar surface area (TPSA) is 68.1 Å². The van der Waals surface area contributed by atoms with Gasteiger partial charge < -0.3 is 14.7 Å². The molecule has 0 saturated heterocycles. The first kappa shape index (κ1) is 20.9. The smallest absolute Gasteiger partial charge is 0.341 e. The van der Waals surface area contributed by atoms with E-state index in [1.54, 1.807) is 6.07 Å². The Morgan fingerprint density at radius 3 is 2.59 bits per heavy atom. The Morgan fingerprint density at radius 1 is 1.03 bits per heavy atom. The Bertz CT molecular complexity index is 798. The van der Waals surface area contributed by atoms with E-state index in [1.165, 1.54) is 32.1 Å². The quantitative estimate of drug-likeness (QED) is 0.346. The van der Waals surface area contributed by atoms with E-state index in [9.17, 15) is 4.79 Å². The average Bonchev–Trinajstić information content (AvgIpc) is 2.76. The van der Waals surface area contributed by atoms with Gasteiger partial charge in [0.1, 0.15) is 12.4 Å². The van der Waals surface area contributed by atoms with E-state index in [0.717, 1.165) is 29.7 Å². The molecule has 1 aliphatic rings. The van der Waals surface area contributed by atoms with Gasteiger partial charge in [0, 0.05) is 5.92 Å². The molecule has 2 aromatic rings. The lowest BCUT2D eigenvalue weighted by Gasteiger charge is -2.23. The van der Waals surface area contributed by atoms with Crippen molar-refractivity contribution in [3.05, 3.63) is 65.7 Å². The summed E-state index contributed by atoms with van der Waals surface area (Å²) in [7, 11) is 0. The van der Waals surface area contributed by atoms with E-state index in [-0.39, 0.29) is 6.61 Å². The minimum Gasteiger partial charge on any atom is -0.482 e. The number of carbonyl (C=O) groups is 1. The molecular weight excluding hydrogens is 366 g/mol. The minimum absolute atomic E-state index is 0.329. The zero-order valence-electron chi connectivity index (χ0n) is 16.8. The third-order valence-corrected chi connectivity index (χ3v) is 5.19. The van der Waals surface area contributed by atoms with Crippen LogP contribution in [-0.2, 0) is 16.1 Å². The van der Waals surface area contributed by atoms with Crippen LogP contribution in [-0.4, -0.2) is 30.0 Å². The maximum absolute atomic E-state index is 10.6. The molecule has 29 heavy (non-hydrogen) atoms. The Morgan fingerprint density at radius 2 is 1.83 bits per heavy atom. The first-order valence-electron chi connectivity index (χ1n) is 10.4. The van der Waals surface area contributed by atoms with Crippen molar-refractivity contribution in [1.29, 1.82) is 0 Å². The third kappa shape index (κ3) is 6.93. The molecule has 1 saturated carbocycles. The number of oxime groups is 1. The van der Waals surface area contributed by atoms with Gasteiger partial charge in [-0.05, 0) is 48.9 Å². The van der Waals surface area contributed by atoms with Gasteiger partial charge in [-0.1, -0.05) is 66.9 Å². The number of carboxylic acid groups (broad SMARTS) is 1. The number of carboxylic acids is 1. The average molecular weight is 395 g/mol. The normalized spacial score (nSPS) is 15.1. The van der Waals surface area contributed by atoms with Crippen LogP contribution in [0, 0.1) is 5.92 Å². The summed E-state index contributed by atoms with van der Waals surface area (Å²) in [6.45, 7) is 0.216. The standard InChI is InChI=1S/C24H29NO4/c26-23(27)18-28-22-15-7-9-19(17-22)10-8-16-29-25-24(20-11-3-1-4-12-20)21-13-5-2-6-14-21/h1,3-4,7,9,11-12,15,17,21H,2,5-6,8,10,13-14,16,18H2,(H,26,27). The van der Waals surface area contributed by atoms with Crippen molar-refractivity contribution >= 4 is 11.7 Å². The number of hydrogen-bond acceptors (Lipinski definition) is 4. The second kappa shape index (κ2) is 11.2. The number of aryl methyl sites for hydroxylation is 1. The lowest BCUT2D eigenvalue weighted by Crippen LogP contribution is -2.19. The molecule has 1 aliphatic carbocycles. The largest absolute Gasteiger partial charge is 0.482 e. The van der Waals surface area contributed by atoms with Crippen LogP contribution >= 0.6 is 0 Å². The van der Waals surface area contributed by atoms with Gasteiger partial charge >= 0.3 is 5.97 Å². The number of aliphatic carboxylic acids is 1. The van der Waals surface area contributed by atoms with Gasteiger partial charge in [0.05, 0.1) is 5.71 Å². The van der Waals surface area contributed by atoms with Crippen LogP contribution in [0.3, 0.4) is 0 Å². The fourth-order valence-electron chi connectivity index (χ4n) is 3.74. The molecule has 5 nitrogen and oxygen atoms in total. The van der Waals surface area contributed by atoms with Crippen LogP contribution in [0.15, 0.2) is 59.8 Å². The summed E-state index contributed by atoms with van der Waals surface area (Å²) in [5.41, 5.74) is 3.33. The van der Waals surface area contributed by atoms with Crippen molar-refractivity contribution in [2.24, 2.45) is 11.1 Å². The minimum atomic E-state index is -0.978. The van der Waals surface area contributed by atoms with Crippen molar-refractivity contribution in [2.45, 2.75) is 44.9 Å². The number of benzene rings is 2. The molecule has 1 N–H and O–H groups in total. The van der Waals surface area contributed by atoms with E-state index < -0.39 is 5.97 Å². The van der Waals surface area contributed by atoms with Crippen molar-refractivity contribution < 1.29 is 19.5 Å². The zero-order chi connectivity index (χ0) is 20.3. The molecule has 3 rings (SSSR count). The van der Waals surface area contributed by atoms with Gasteiger partial charge in [-0.3, -0.25) is 0 Å². The molecular formula is C24H29NO4. The summed E-state index contributed by atoms with van der Waals surface area (Å²) in [6, 6.07) is 17.9. The first-order valence-corrected chi connectivity index (χ1v) is 10.4. The second-order valence-corrected chi connectivity index (χ2v) is 7.44. The highest BCUT2D eigenvalue weighted by Crippen LogP contribution is 2.27. The lowest BCUT2D eigenvalue weighted by atomic mass is 9.83. The Labute approximate surface area is 172 Å². The van der Waals surface area contributed by atoms with E-state index >= 15 is 0 Å². The van der Waals surface area contributed by atoms with Crippen molar-refractivity contribution in [3.63, 3.8) is 0 Å². The maximum atomic E-state index is 10.6. The molecule has 1 fully saturated rings. The van der Waals surface area contributed by atoms with Gasteiger partial charge in [-0.15, -0.1) is 0 Å². The Kier molecular flexibility index (Phi) is 8.11. The van der Waals surface area contributed by atoms with Gasteiger partial charge in [0.2, 0.25) is 0 Å². The fraction of sp³-hybridized carbons (Fsp3) is 0.417. The van der Waals surface area contributed by atoms with Crippen LogP contribution in [0.25, 0.3) is 0 Å². The molecule has 0 radical (unpaired) electrons. The lowest BCUT2D eigenvalue weighted by molar-refractivity contribution is -0.139. The van der Waals surface area contributed by atoms with Crippen molar-refractivity contribution in [1.82, 2.24) is 0 Å². The summed E-state index contributed by atoms with van der Waals surface area (Å²) in [5, 5.41) is 13.3. The molecule has 2 aromatic carbocycles. The first-order chi connectivity index (χ1) is 14.2. The number of hydrogen-bond donors (Lipinski definition) is 1. The van der Waals surface area contributed by atoms with Crippen molar-refractivity contribution in [2.75, 3.05) is 13.2 Å². The Hall–Kier alpha value is -2.82. The predicted octanol–water partition coefficient (Wildman–Crippen LogP) is 5.08. The summed E-state index contributed by atoms with van der Waals surface area (Å²) in [5.74, 6) is 0.0792. The van der Waals surface area contributed by atoms with Crippen LogP contribution in [0.1, 0.15) is 49.7 Å². The SMILES string of the molecule is O=C(O)COc1cccc(CCCON=C(c2ccccc2)C2CCCCC2)c1.